The molecule has 1 aromatic carbocycles. The van der Waals surface area contributed by atoms with Gasteiger partial charge in [-0.3, -0.25) is 9.48 Å². The fourth-order valence-corrected chi connectivity index (χ4v) is 3.49. The lowest BCUT2D eigenvalue weighted by Crippen LogP contribution is -2.03. The predicted octanol–water partition coefficient (Wildman–Crippen LogP) is 2.27. The molecular formula is C16H14N4O2S. The molecule has 0 amide bonds. The molecule has 0 aliphatic carbocycles. The Morgan fingerprint density at radius 2 is 2.30 bits per heavy atom. The highest BCUT2D eigenvalue weighted by Gasteiger charge is 2.16. The van der Waals surface area contributed by atoms with Gasteiger partial charge in [-0.25, -0.2) is 9.97 Å². The molecular weight excluding hydrogens is 312 g/mol. The number of Topliss-reactive ketones (excluding diaryl/α,β-unsaturated/α-hetero) is 1. The van der Waals surface area contributed by atoms with Crippen molar-refractivity contribution in [3.05, 3.63) is 41.9 Å². The SMILES string of the molecule is Cn1ncc2c(SCC(=O)c3ccc4c(c3)CCO4)ncnc21. The van der Waals surface area contributed by atoms with Crippen molar-refractivity contribution in [2.75, 3.05) is 12.4 Å². The van der Waals surface area contributed by atoms with Gasteiger partial charge in [0.05, 0.1) is 23.9 Å². The molecule has 0 saturated carbocycles. The van der Waals surface area contributed by atoms with E-state index in [4.69, 9.17) is 4.74 Å². The van der Waals surface area contributed by atoms with Crippen LogP contribution < -0.4 is 4.74 Å². The normalized spacial score (nSPS) is 13.1. The van der Waals surface area contributed by atoms with Crippen LogP contribution in [0.25, 0.3) is 11.0 Å². The van der Waals surface area contributed by atoms with Gasteiger partial charge in [-0.05, 0) is 23.8 Å². The van der Waals surface area contributed by atoms with Crippen LogP contribution in [0, 0.1) is 0 Å². The van der Waals surface area contributed by atoms with Crippen molar-refractivity contribution in [3.63, 3.8) is 0 Å². The highest BCUT2D eigenvalue weighted by molar-refractivity contribution is 8.00. The smallest absolute Gasteiger partial charge is 0.173 e. The predicted molar refractivity (Wildman–Crippen MR) is 87.0 cm³/mol. The number of hydrogen-bond acceptors (Lipinski definition) is 6. The summed E-state index contributed by atoms with van der Waals surface area (Å²) in [6.07, 6.45) is 4.10. The van der Waals surface area contributed by atoms with Gasteiger partial charge in [0.25, 0.3) is 0 Å². The number of aromatic nitrogens is 4. The van der Waals surface area contributed by atoms with Crippen molar-refractivity contribution in [3.8, 4) is 5.75 Å². The fourth-order valence-electron chi connectivity index (χ4n) is 2.63. The van der Waals surface area contributed by atoms with Crippen molar-refractivity contribution in [1.29, 1.82) is 0 Å². The molecule has 4 rings (SSSR count). The topological polar surface area (TPSA) is 69.9 Å². The van der Waals surface area contributed by atoms with Crippen molar-refractivity contribution in [2.24, 2.45) is 7.05 Å². The van der Waals surface area contributed by atoms with Gasteiger partial charge in [0, 0.05) is 19.0 Å². The minimum atomic E-state index is 0.0837. The van der Waals surface area contributed by atoms with Gasteiger partial charge < -0.3 is 4.74 Å². The summed E-state index contributed by atoms with van der Waals surface area (Å²) in [4.78, 5) is 20.9. The number of benzene rings is 1. The van der Waals surface area contributed by atoms with E-state index >= 15 is 0 Å². The number of nitrogens with zero attached hydrogens (tertiary/aromatic N) is 4. The minimum absolute atomic E-state index is 0.0837. The third kappa shape index (κ3) is 2.57. The Hall–Kier alpha value is -2.41. The van der Waals surface area contributed by atoms with Crippen LogP contribution in [0.5, 0.6) is 5.75 Å². The number of rotatable bonds is 4. The Morgan fingerprint density at radius 3 is 3.22 bits per heavy atom. The van der Waals surface area contributed by atoms with E-state index in [9.17, 15) is 4.79 Å². The maximum absolute atomic E-state index is 12.4. The summed E-state index contributed by atoms with van der Waals surface area (Å²) in [6.45, 7) is 0.696. The maximum Gasteiger partial charge on any atom is 0.173 e. The Balaban J connectivity index is 1.53. The van der Waals surface area contributed by atoms with E-state index in [2.05, 4.69) is 15.1 Å². The molecule has 0 N–H and O–H groups in total. The molecule has 0 radical (unpaired) electrons. The number of ether oxygens (including phenoxy) is 1. The van der Waals surface area contributed by atoms with Gasteiger partial charge in [-0.1, -0.05) is 11.8 Å². The number of thioether (sulfide) groups is 1. The average molecular weight is 326 g/mol. The molecule has 0 saturated heterocycles. The second-order valence-corrected chi connectivity index (χ2v) is 6.28. The van der Waals surface area contributed by atoms with E-state index in [0.29, 0.717) is 12.4 Å². The monoisotopic (exact) mass is 326 g/mol. The number of carbonyl (C=O) groups is 1. The Kier molecular flexibility index (Phi) is 3.49. The molecule has 0 bridgehead atoms. The molecule has 0 spiro atoms. The van der Waals surface area contributed by atoms with Crippen LogP contribution >= 0.6 is 11.8 Å². The summed E-state index contributed by atoms with van der Waals surface area (Å²) in [7, 11) is 1.83. The van der Waals surface area contributed by atoms with Gasteiger partial charge in [0.2, 0.25) is 0 Å². The summed E-state index contributed by atoms with van der Waals surface area (Å²) in [6, 6.07) is 5.64. The lowest BCUT2D eigenvalue weighted by atomic mass is 10.1. The van der Waals surface area contributed by atoms with Crippen LogP contribution in [-0.2, 0) is 13.5 Å². The minimum Gasteiger partial charge on any atom is -0.493 e. The van der Waals surface area contributed by atoms with Crippen LogP contribution in [0.15, 0.2) is 35.7 Å². The zero-order valence-electron chi connectivity index (χ0n) is 12.5. The lowest BCUT2D eigenvalue weighted by molar-refractivity contribution is 0.102. The van der Waals surface area contributed by atoms with E-state index in [-0.39, 0.29) is 5.78 Å². The fraction of sp³-hybridized carbons (Fsp3) is 0.250. The van der Waals surface area contributed by atoms with Crippen molar-refractivity contribution >= 4 is 28.6 Å². The maximum atomic E-state index is 12.4. The van der Waals surface area contributed by atoms with E-state index in [1.807, 2.05) is 25.2 Å². The molecule has 1 aliphatic rings. The second-order valence-electron chi connectivity index (χ2n) is 5.32. The van der Waals surface area contributed by atoms with Crippen molar-refractivity contribution in [2.45, 2.75) is 11.4 Å². The third-order valence-corrected chi connectivity index (χ3v) is 4.85. The highest BCUT2D eigenvalue weighted by Crippen LogP contribution is 2.28. The van der Waals surface area contributed by atoms with E-state index in [1.165, 1.54) is 18.1 Å². The summed E-state index contributed by atoms with van der Waals surface area (Å²) in [5, 5.41) is 5.83. The second kappa shape index (κ2) is 5.66. The molecule has 0 atom stereocenters. The largest absolute Gasteiger partial charge is 0.493 e. The summed E-state index contributed by atoms with van der Waals surface area (Å²) in [5.74, 6) is 1.31. The highest BCUT2D eigenvalue weighted by atomic mass is 32.2. The summed E-state index contributed by atoms with van der Waals surface area (Å²) >= 11 is 1.41. The average Bonchev–Trinajstić information content (AvgIpc) is 3.19. The van der Waals surface area contributed by atoms with E-state index in [1.54, 1.807) is 10.9 Å². The number of ketones is 1. The first-order chi connectivity index (χ1) is 11.2. The molecule has 3 aromatic rings. The van der Waals surface area contributed by atoms with E-state index < -0.39 is 0 Å². The summed E-state index contributed by atoms with van der Waals surface area (Å²) in [5.41, 5.74) is 2.60. The van der Waals surface area contributed by atoms with Crippen LogP contribution in [0.1, 0.15) is 15.9 Å². The molecule has 2 aromatic heterocycles. The van der Waals surface area contributed by atoms with Crippen LogP contribution in [0.3, 0.4) is 0 Å². The van der Waals surface area contributed by atoms with Crippen molar-refractivity contribution in [1.82, 2.24) is 19.7 Å². The number of fused-ring (bicyclic) bond motifs is 2. The van der Waals surface area contributed by atoms with Crippen LogP contribution in [0.4, 0.5) is 0 Å². The van der Waals surface area contributed by atoms with Crippen LogP contribution in [-0.4, -0.2) is 37.9 Å². The van der Waals surface area contributed by atoms with Gasteiger partial charge in [-0.2, -0.15) is 5.10 Å². The molecule has 1 aliphatic heterocycles. The van der Waals surface area contributed by atoms with Gasteiger partial charge in [0.15, 0.2) is 11.4 Å². The summed E-state index contributed by atoms with van der Waals surface area (Å²) < 4.78 is 7.17. The molecule has 7 heteroatoms. The molecule has 3 heterocycles. The van der Waals surface area contributed by atoms with Gasteiger partial charge in [0.1, 0.15) is 17.1 Å². The zero-order chi connectivity index (χ0) is 15.8. The lowest BCUT2D eigenvalue weighted by Gasteiger charge is -2.04. The number of hydrogen-bond donors (Lipinski definition) is 0. The molecule has 116 valence electrons. The number of aryl methyl sites for hydroxylation is 1. The number of carbonyl (C=O) groups excluding carboxylic acids is 1. The quantitative estimate of drug-likeness (QED) is 0.416. The molecule has 0 unspecified atom stereocenters. The molecule has 0 fully saturated rings. The van der Waals surface area contributed by atoms with Crippen LogP contribution in [0.2, 0.25) is 0 Å². The first-order valence-corrected chi connectivity index (χ1v) is 8.25. The Morgan fingerprint density at radius 1 is 1.39 bits per heavy atom. The Labute approximate surface area is 136 Å². The molecule has 6 nitrogen and oxygen atoms in total. The Bertz CT molecular complexity index is 906. The van der Waals surface area contributed by atoms with Gasteiger partial charge >= 0.3 is 0 Å². The van der Waals surface area contributed by atoms with Gasteiger partial charge in [-0.15, -0.1) is 0 Å². The zero-order valence-corrected chi connectivity index (χ0v) is 13.3. The first-order valence-electron chi connectivity index (χ1n) is 7.27. The van der Waals surface area contributed by atoms with Crippen molar-refractivity contribution < 1.29 is 9.53 Å². The standard InChI is InChI=1S/C16H14N4O2S/c1-20-15-12(7-19-20)16(18-9-17-15)23-8-13(21)10-2-3-14-11(6-10)4-5-22-14/h2-3,6-7,9H,4-5,8H2,1H3. The van der Waals surface area contributed by atoms with E-state index in [0.717, 1.165) is 39.4 Å². The first kappa shape index (κ1) is 14.2. The third-order valence-electron chi connectivity index (χ3n) is 3.84. The molecule has 23 heavy (non-hydrogen) atoms.